The Labute approximate surface area is 124 Å². The molecule has 0 saturated heterocycles. The van der Waals surface area contributed by atoms with Crippen molar-refractivity contribution in [1.29, 1.82) is 0 Å². The van der Waals surface area contributed by atoms with Crippen LogP contribution in [0, 0.1) is 11.7 Å². The minimum atomic E-state index is -0.188. The SMILES string of the molecule is CC(C)[C@H]1COC(c2cccn2Cc2ccccc2F)=N1. The standard InChI is InChI=1S/C17H19FN2O/c1-12(2)15-11-21-17(19-15)16-8-5-9-20(16)10-13-6-3-4-7-14(13)18/h3-9,12,15H,10-11H2,1-2H3/t15-/m1/s1. The average molecular weight is 286 g/mol. The van der Waals surface area contributed by atoms with Gasteiger partial charge in [-0.1, -0.05) is 32.0 Å². The van der Waals surface area contributed by atoms with E-state index in [1.165, 1.54) is 6.07 Å². The van der Waals surface area contributed by atoms with Gasteiger partial charge in [0.25, 0.3) is 0 Å². The van der Waals surface area contributed by atoms with Gasteiger partial charge in [-0.2, -0.15) is 0 Å². The smallest absolute Gasteiger partial charge is 0.233 e. The molecule has 0 spiro atoms. The fourth-order valence-corrected chi connectivity index (χ4v) is 2.43. The molecular formula is C17H19FN2O. The van der Waals surface area contributed by atoms with Crippen LogP contribution in [0.1, 0.15) is 25.1 Å². The van der Waals surface area contributed by atoms with Gasteiger partial charge in [-0.05, 0) is 24.1 Å². The monoisotopic (exact) mass is 286 g/mol. The third-order valence-electron chi connectivity index (χ3n) is 3.79. The maximum atomic E-state index is 13.8. The van der Waals surface area contributed by atoms with Crippen molar-refractivity contribution in [2.75, 3.05) is 6.61 Å². The predicted molar refractivity (Wildman–Crippen MR) is 81.0 cm³/mol. The maximum absolute atomic E-state index is 13.8. The lowest BCUT2D eigenvalue weighted by atomic mass is 10.1. The first-order valence-electron chi connectivity index (χ1n) is 7.24. The van der Waals surface area contributed by atoms with Crippen LogP contribution in [0.15, 0.2) is 47.6 Å². The van der Waals surface area contributed by atoms with Gasteiger partial charge in [0, 0.05) is 11.8 Å². The molecule has 0 N–H and O–H groups in total. The van der Waals surface area contributed by atoms with Gasteiger partial charge < -0.3 is 9.30 Å². The second-order valence-corrected chi connectivity index (χ2v) is 5.67. The summed E-state index contributed by atoms with van der Waals surface area (Å²) in [4.78, 5) is 4.63. The zero-order valence-corrected chi connectivity index (χ0v) is 12.3. The van der Waals surface area contributed by atoms with Gasteiger partial charge >= 0.3 is 0 Å². The van der Waals surface area contributed by atoms with E-state index in [-0.39, 0.29) is 11.9 Å². The van der Waals surface area contributed by atoms with Crippen LogP contribution in [0.4, 0.5) is 4.39 Å². The van der Waals surface area contributed by atoms with Gasteiger partial charge in [0.1, 0.15) is 18.1 Å². The average Bonchev–Trinajstić information content (AvgIpc) is 3.09. The Morgan fingerprint density at radius 2 is 2.10 bits per heavy atom. The molecule has 21 heavy (non-hydrogen) atoms. The van der Waals surface area contributed by atoms with E-state index in [9.17, 15) is 4.39 Å². The molecule has 1 aliphatic heterocycles. The summed E-state index contributed by atoms with van der Waals surface area (Å²) in [5.74, 6) is 0.930. The second kappa shape index (κ2) is 5.72. The Kier molecular flexibility index (Phi) is 3.78. The van der Waals surface area contributed by atoms with Crippen LogP contribution in [0.25, 0.3) is 0 Å². The number of hydrogen-bond acceptors (Lipinski definition) is 2. The highest BCUT2D eigenvalue weighted by Crippen LogP contribution is 2.19. The molecule has 1 aromatic carbocycles. The third-order valence-corrected chi connectivity index (χ3v) is 3.79. The topological polar surface area (TPSA) is 26.5 Å². The lowest BCUT2D eigenvalue weighted by molar-refractivity contribution is 0.290. The Morgan fingerprint density at radius 3 is 2.81 bits per heavy atom. The van der Waals surface area contributed by atoms with E-state index in [4.69, 9.17) is 4.74 Å². The van der Waals surface area contributed by atoms with Crippen molar-refractivity contribution in [1.82, 2.24) is 4.57 Å². The highest BCUT2D eigenvalue weighted by molar-refractivity contribution is 5.93. The quantitative estimate of drug-likeness (QED) is 0.845. The van der Waals surface area contributed by atoms with Gasteiger partial charge in [-0.3, -0.25) is 0 Å². The van der Waals surface area contributed by atoms with Crippen molar-refractivity contribution in [2.45, 2.75) is 26.4 Å². The van der Waals surface area contributed by atoms with E-state index in [1.807, 2.05) is 29.0 Å². The molecule has 110 valence electrons. The predicted octanol–water partition coefficient (Wildman–Crippen LogP) is 3.48. The molecule has 2 aromatic rings. The van der Waals surface area contributed by atoms with Gasteiger partial charge in [-0.25, -0.2) is 9.38 Å². The molecule has 3 nitrogen and oxygen atoms in total. The van der Waals surface area contributed by atoms with Crippen LogP contribution >= 0.6 is 0 Å². The van der Waals surface area contributed by atoms with Gasteiger partial charge in [0.15, 0.2) is 0 Å². The van der Waals surface area contributed by atoms with Gasteiger partial charge in [0.05, 0.1) is 12.6 Å². The van der Waals surface area contributed by atoms with Crippen LogP contribution < -0.4 is 0 Å². The van der Waals surface area contributed by atoms with Gasteiger partial charge in [0.2, 0.25) is 5.90 Å². The molecule has 0 amide bonds. The van der Waals surface area contributed by atoms with E-state index in [1.54, 1.807) is 12.1 Å². The molecule has 4 heteroatoms. The number of aliphatic imine (C=N–C) groups is 1. The van der Waals surface area contributed by atoms with Crippen molar-refractivity contribution in [3.63, 3.8) is 0 Å². The summed E-state index contributed by atoms with van der Waals surface area (Å²) < 4.78 is 21.5. The van der Waals surface area contributed by atoms with Crippen molar-refractivity contribution in [3.05, 3.63) is 59.7 Å². The van der Waals surface area contributed by atoms with Crippen LogP contribution in [-0.4, -0.2) is 23.1 Å². The number of hydrogen-bond donors (Lipinski definition) is 0. The molecule has 2 heterocycles. The molecule has 0 radical (unpaired) electrons. The van der Waals surface area contributed by atoms with E-state index in [2.05, 4.69) is 18.8 Å². The maximum Gasteiger partial charge on any atom is 0.233 e. The Morgan fingerprint density at radius 1 is 1.29 bits per heavy atom. The molecular weight excluding hydrogens is 267 g/mol. The minimum absolute atomic E-state index is 0.188. The zero-order valence-electron chi connectivity index (χ0n) is 12.3. The number of nitrogens with zero attached hydrogens (tertiary/aromatic N) is 2. The van der Waals surface area contributed by atoms with Gasteiger partial charge in [-0.15, -0.1) is 0 Å². The molecule has 0 fully saturated rings. The number of ether oxygens (including phenoxy) is 1. The lowest BCUT2D eigenvalue weighted by Gasteiger charge is -2.09. The Bertz CT molecular complexity index is 660. The molecule has 1 aliphatic rings. The summed E-state index contributed by atoms with van der Waals surface area (Å²) in [7, 11) is 0. The largest absolute Gasteiger partial charge is 0.474 e. The van der Waals surface area contributed by atoms with Crippen molar-refractivity contribution in [2.24, 2.45) is 10.9 Å². The van der Waals surface area contributed by atoms with Crippen LogP contribution in [0.2, 0.25) is 0 Å². The fourth-order valence-electron chi connectivity index (χ4n) is 2.43. The molecule has 0 aliphatic carbocycles. The van der Waals surface area contributed by atoms with E-state index < -0.39 is 0 Å². The van der Waals surface area contributed by atoms with Crippen molar-refractivity contribution < 1.29 is 9.13 Å². The van der Waals surface area contributed by atoms with Crippen LogP contribution in [-0.2, 0) is 11.3 Å². The minimum Gasteiger partial charge on any atom is -0.474 e. The molecule has 0 saturated carbocycles. The fraction of sp³-hybridized carbons (Fsp3) is 0.353. The molecule has 3 rings (SSSR count). The van der Waals surface area contributed by atoms with Crippen molar-refractivity contribution >= 4 is 5.90 Å². The normalized spacial score (nSPS) is 17.9. The summed E-state index contributed by atoms with van der Waals surface area (Å²) in [6.07, 6.45) is 1.93. The Hall–Kier alpha value is -2.10. The Balaban J connectivity index is 1.85. The summed E-state index contributed by atoms with van der Waals surface area (Å²) in [6, 6.07) is 10.9. The summed E-state index contributed by atoms with van der Waals surface area (Å²) in [5, 5.41) is 0. The molecule has 1 atom stereocenters. The van der Waals surface area contributed by atoms with Crippen LogP contribution in [0.5, 0.6) is 0 Å². The highest BCUT2D eigenvalue weighted by Gasteiger charge is 2.24. The number of halogens is 1. The van der Waals surface area contributed by atoms with Crippen molar-refractivity contribution in [3.8, 4) is 0 Å². The lowest BCUT2D eigenvalue weighted by Crippen LogP contribution is -2.13. The number of rotatable bonds is 4. The summed E-state index contributed by atoms with van der Waals surface area (Å²) in [5.41, 5.74) is 1.57. The van der Waals surface area contributed by atoms with Crippen LogP contribution in [0.3, 0.4) is 0 Å². The first kappa shape index (κ1) is 13.9. The second-order valence-electron chi connectivity index (χ2n) is 5.67. The van der Waals surface area contributed by atoms with E-state index in [0.717, 1.165) is 5.69 Å². The summed E-state index contributed by atoms with van der Waals surface area (Å²) >= 11 is 0. The number of aromatic nitrogens is 1. The third kappa shape index (κ3) is 2.84. The molecule has 0 unspecified atom stereocenters. The molecule has 0 bridgehead atoms. The summed E-state index contributed by atoms with van der Waals surface area (Å²) in [6.45, 7) is 5.37. The first-order valence-corrected chi connectivity index (χ1v) is 7.24. The zero-order chi connectivity index (χ0) is 14.8. The van der Waals surface area contributed by atoms with E-state index in [0.29, 0.717) is 30.5 Å². The van der Waals surface area contributed by atoms with E-state index >= 15 is 0 Å². The first-order chi connectivity index (χ1) is 10.1. The molecule has 1 aromatic heterocycles. The highest BCUT2D eigenvalue weighted by atomic mass is 19.1. The number of benzene rings is 1.